The SMILES string of the molecule is CNC(=O)c1ccc(CNCc2cc(OC)ccc2OC)cc1. The van der Waals surface area contributed by atoms with E-state index < -0.39 is 0 Å². The number of amides is 1. The molecule has 1 amide bonds. The predicted octanol–water partition coefficient (Wildman–Crippen LogP) is 2.35. The van der Waals surface area contributed by atoms with Gasteiger partial charge in [-0.15, -0.1) is 0 Å². The van der Waals surface area contributed by atoms with E-state index in [1.807, 2.05) is 42.5 Å². The lowest BCUT2D eigenvalue weighted by atomic mass is 10.1. The van der Waals surface area contributed by atoms with Gasteiger partial charge in [0.2, 0.25) is 0 Å². The maximum atomic E-state index is 11.5. The average Bonchev–Trinajstić information content (AvgIpc) is 2.61. The Bertz CT molecular complexity index is 654. The third-order valence-electron chi connectivity index (χ3n) is 3.58. The van der Waals surface area contributed by atoms with Crippen molar-refractivity contribution in [1.82, 2.24) is 10.6 Å². The van der Waals surface area contributed by atoms with Gasteiger partial charge in [0.05, 0.1) is 14.2 Å². The van der Waals surface area contributed by atoms with Crippen molar-refractivity contribution in [2.75, 3.05) is 21.3 Å². The van der Waals surface area contributed by atoms with Crippen LogP contribution < -0.4 is 20.1 Å². The zero-order valence-electron chi connectivity index (χ0n) is 13.7. The Hall–Kier alpha value is -2.53. The molecule has 0 saturated carbocycles. The largest absolute Gasteiger partial charge is 0.497 e. The molecule has 0 radical (unpaired) electrons. The highest BCUT2D eigenvalue weighted by Crippen LogP contribution is 2.23. The molecule has 0 bridgehead atoms. The van der Waals surface area contributed by atoms with Crippen LogP contribution in [0.15, 0.2) is 42.5 Å². The van der Waals surface area contributed by atoms with Gasteiger partial charge in [0, 0.05) is 31.3 Å². The number of nitrogens with one attached hydrogen (secondary N) is 2. The summed E-state index contributed by atoms with van der Waals surface area (Å²) < 4.78 is 10.6. The Balaban J connectivity index is 1.95. The summed E-state index contributed by atoms with van der Waals surface area (Å²) in [6.07, 6.45) is 0. The lowest BCUT2D eigenvalue weighted by Crippen LogP contribution is -2.18. The predicted molar refractivity (Wildman–Crippen MR) is 89.9 cm³/mol. The second kappa shape index (κ2) is 8.19. The molecule has 2 aromatic carbocycles. The highest BCUT2D eigenvalue weighted by atomic mass is 16.5. The van der Waals surface area contributed by atoms with Gasteiger partial charge in [0.1, 0.15) is 11.5 Å². The molecule has 5 nitrogen and oxygen atoms in total. The van der Waals surface area contributed by atoms with Gasteiger partial charge in [0.15, 0.2) is 0 Å². The number of carbonyl (C=O) groups excluding carboxylic acids is 1. The van der Waals surface area contributed by atoms with E-state index in [1.54, 1.807) is 21.3 Å². The number of hydrogen-bond donors (Lipinski definition) is 2. The zero-order valence-corrected chi connectivity index (χ0v) is 13.7. The fourth-order valence-corrected chi connectivity index (χ4v) is 2.28. The van der Waals surface area contributed by atoms with E-state index in [1.165, 1.54) is 0 Å². The molecule has 0 unspecified atom stereocenters. The van der Waals surface area contributed by atoms with Crippen LogP contribution in [0.5, 0.6) is 11.5 Å². The van der Waals surface area contributed by atoms with E-state index in [0.717, 1.165) is 22.6 Å². The monoisotopic (exact) mass is 314 g/mol. The number of methoxy groups -OCH3 is 2. The van der Waals surface area contributed by atoms with Crippen molar-refractivity contribution < 1.29 is 14.3 Å². The van der Waals surface area contributed by atoms with Crippen molar-refractivity contribution >= 4 is 5.91 Å². The highest BCUT2D eigenvalue weighted by Gasteiger charge is 2.05. The number of ether oxygens (including phenoxy) is 2. The molecule has 122 valence electrons. The molecule has 0 fully saturated rings. The van der Waals surface area contributed by atoms with Crippen molar-refractivity contribution in [2.45, 2.75) is 13.1 Å². The van der Waals surface area contributed by atoms with Crippen LogP contribution in [-0.4, -0.2) is 27.2 Å². The van der Waals surface area contributed by atoms with Crippen molar-refractivity contribution in [2.24, 2.45) is 0 Å². The molecule has 2 aromatic rings. The number of hydrogen-bond acceptors (Lipinski definition) is 4. The number of benzene rings is 2. The summed E-state index contributed by atoms with van der Waals surface area (Å²) in [5.41, 5.74) is 2.80. The number of carbonyl (C=O) groups is 1. The molecular weight excluding hydrogens is 292 g/mol. The molecule has 2 N–H and O–H groups in total. The van der Waals surface area contributed by atoms with Gasteiger partial charge in [-0.1, -0.05) is 12.1 Å². The Morgan fingerprint density at radius 2 is 1.74 bits per heavy atom. The first kappa shape index (κ1) is 16.8. The number of rotatable bonds is 7. The fourth-order valence-electron chi connectivity index (χ4n) is 2.28. The highest BCUT2D eigenvalue weighted by molar-refractivity contribution is 5.93. The first-order chi connectivity index (χ1) is 11.2. The van der Waals surface area contributed by atoms with Gasteiger partial charge in [0.25, 0.3) is 5.91 Å². The van der Waals surface area contributed by atoms with Gasteiger partial charge in [-0.25, -0.2) is 0 Å². The molecule has 0 heterocycles. The Morgan fingerprint density at radius 1 is 1.00 bits per heavy atom. The molecule has 2 rings (SSSR count). The normalized spacial score (nSPS) is 10.2. The van der Waals surface area contributed by atoms with Gasteiger partial charge in [-0.05, 0) is 35.9 Å². The second-order valence-electron chi connectivity index (χ2n) is 5.06. The molecule has 0 spiro atoms. The Morgan fingerprint density at radius 3 is 2.35 bits per heavy atom. The average molecular weight is 314 g/mol. The van der Waals surface area contributed by atoms with Crippen LogP contribution in [0.2, 0.25) is 0 Å². The van der Waals surface area contributed by atoms with E-state index in [4.69, 9.17) is 9.47 Å². The summed E-state index contributed by atoms with van der Waals surface area (Å²) in [4.78, 5) is 11.5. The summed E-state index contributed by atoms with van der Waals surface area (Å²) in [6.45, 7) is 1.37. The molecular formula is C18H22N2O3. The molecule has 0 aliphatic carbocycles. The van der Waals surface area contributed by atoms with E-state index in [2.05, 4.69) is 10.6 Å². The van der Waals surface area contributed by atoms with Gasteiger partial charge >= 0.3 is 0 Å². The first-order valence-corrected chi connectivity index (χ1v) is 7.40. The molecule has 23 heavy (non-hydrogen) atoms. The smallest absolute Gasteiger partial charge is 0.251 e. The minimum Gasteiger partial charge on any atom is -0.497 e. The summed E-state index contributed by atoms with van der Waals surface area (Å²) in [5.74, 6) is 1.55. The minimum absolute atomic E-state index is 0.0781. The van der Waals surface area contributed by atoms with E-state index in [9.17, 15) is 4.79 Å². The standard InChI is InChI=1S/C18H22N2O3/c1-19-18(21)14-6-4-13(5-7-14)11-20-12-15-10-16(22-2)8-9-17(15)23-3/h4-10,20H,11-12H2,1-3H3,(H,19,21). The minimum atomic E-state index is -0.0781. The van der Waals surface area contributed by atoms with Gasteiger partial charge in [-0.2, -0.15) is 0 Å². The summed E-state index contributed by atoms with van der Waals surface area (Å²) in [6, 6.07) is 13.3. The molecule has 0 aliphatic rings. The van der Waals surface area contributed by atoms with Crippen molar-refractivity contribution in [3.8, 4) is 11.5 Å². The van der Waals surface area contributed by atoms with Gasteiger partial charge < -0.3 is 20.1 Å². The van der Waals surface area contributed by atoms with Crippen molar-refractivity contribution in [3.05, 3.63) is 59.2 Å². The Kier molecular flexibility index (Phi) is 6.00. The Labute approximate surface area is 136 Å². The maximum absolute atomic E-state index is 11.5. The van der Waals surface area contributed by atoms with Crippen LogP contribution in [0.4, 0.5) is 0 Å². The van der Waals surface area contributed by atoms with E-state index in [-0.39, 0.29) is 5.91 Å². The van der Waals surface area contributed by atoms with Crippen LogP contribution in [0, 0.1) is 0 Å². The van der Waals surface area contributed by atoms with Crippen LogP contribution in [-0.2, 0) is 13.1 Å². The van der Waals surface area contributed by atoms with E-state index in [0.29, 0.717) is 18.7 Å². The summed E-state index contributed by atoms with van der Waals surface area (Å²) >= 11 is 0. The van der Waals surface area contributed by atoms with Crippen molar-refractivity contribution in [3.63, 3.8) is 0 Å². The molecule has 5 heteroatoms. The lowest BCUT2D eigenvalue weighted by Gasteiger charge is -2.11. The fraction of sp³-hybridized carbons (Fsp3) is 0.278. The molecule has 0 aromatic heterocycles. The second-order valence-corrected chi connectivity index (χ2v) is 5.06. The van der Waals surface area contributed by atoms with Crippen LogP contribution in [0.3, 0.4) is 0 Å². The first-order valence-electron chi connectivity index (χ1n) is 7.40. The third-order valence-corrected chi connectivity index (χ3v) is 3.58. The summed E-state index contributed by atoms with van der Waals surface area (Å²) in [5, 5.41) is 5.98. The zero-order chi connectivity index (χ0) is 16.7. The lowest BCUT2D eigenvalue weighted by molar-refractivity contribution is 0.0963. The van der Waals surface area contributed by atoms with Crippen LogP contribution in [0.1, 0.15) is 21.5 Å². The molecule has 0 saturated heterocycles. The molecule has 0 atom stereocenters. The van der Waals surface area contributed by atoms with E-state index >= 15 is 0 Å². The summed E-state index contributed by atoms with van der Waals surface area (Å²) in [7, 11) is 4.93. The molecule has 0 aliphatic heterocycles. The third kappa shape index (κ3) is 4.47. The quantitative estimate of drug-likeness (QED) is 0.823. The van der Waals surface area contributed by atoms with Crippen LogP contribution >= 0.6 is 0 Å². The van der Waals surface area contributed by atoms with Gasteiger partial charge in [-0.3, -0.25) is 4.79 Å². The maximum Gasteiger partial charge on any atom is 0.251 e. The topological polar surface area (TPSA) is 59.6 Å². The van der Waals surface area contributed by atoms with Crippen LogP contribution in [0.25, 0.3) is 0 Å². The van der Waals surface area contributed by atoms with Crippen molar-refractivity contribution in [1.29, 1.82) is 0 Å².